The number of nitrogens with one attached hydrogen (secondary N) is 2. The molecule has 0 aliphatic rings. The Hall–Kier alpha value is -3.61. The quantitative estimate of drug-likeness (QED) is 0.467. The van der Waals surface area contributed by atoms with Crippen molar-refractivity contribution in [3.8, 4) is 0 Å². The van der Waals surface area contributed by atoms with Crippen LogP contribution in [0.3, 0.4) is 0 Å². The number of H-pyrrole nitrogens is 1. The van der Waals surface area contributed by atoms with Gasteiger partial charge in [0.25, 0.3) is 0 Å². The van der Waals surface area contributed by atoms with Gasteiger partial charge in [0.05, 0.1) is 12.0 Å². The second kappa shape index (κ2) is 8.02. The number of anilines is 1. The lowest BCUT2D eigenvalue weighted by atomic mass is 10.0. The first-order chi connectivity index (χ1) is 14.4. The van der Waals surface area contributed by atoms with Crippen LogP contribution in [-0.2, 0) is 23.8 Å². The Kier molecular flexibility index (Phi) is 5.27. The van der Waals surface area contributed by atoms with Crippen LogP contribution in [0.25, 0.3) is 10.9 Å². The number of rotatable bonds is 5. The Balaban J connectivity index is 1.65. The van der Waals surface area contributed by atoms with Gasteiger partial charge in [-0.1, -0.05) is 36.4 Å². The molecule has 0 saturated heterocycles. The summed E-state index contributed by atoms with van der Waals surface area (Å²) in [6, 6.07) is 16.2. The molecule has 0 aliphatic carbocycles. The van der Waals surface area contributed by atoms with Gasteiger partial charge in [0.1, 0.15) is 0 Å². The number of para-hydroxylation sites is 1. The van der Waals surface area contributed by atoms with Crippen LogP contribution in [0.5, 0.6) is 0 Å². The van der Waals surface area contributed by atoms with Crippen molar-refractivity contribution in [1.82, 2.24) is 9.97 Å². The smallest absolute Gasteiger partial charge is 0.358 e. The molecule has 4 aromatic rings. The van der Waals surface area contributed by atoms with Gasteiger partial charge in [0.15, 0.2) is 0 Å². The van der Waals surface area contributed by atoms with Gasteiger partial charge in [-0.05, 0) is 35.4 Å². The molecule has 0 radical (unpaired) electrons. The van der Waals surface area contributed by atoms with Crippen molar-refractivity contribution in [2.45, 2.75) is 19.0 Å². The number of pyridine rings is 1. The zero-order chi connectivity index (χ0) is 21.1. The van der Waals surface area contributed by atoms with E-state index in [-0.39, 0.29) is 18.7 Å². The van der Waals surface area contributed by atoms with Crippen molar-refractivity contribution >= 4 is 22.5 Å². The third kappa shape index (κ3) is 4.35. The number of benzene rings is 2. The summed E-state index contributed by atoms with van der Waals surface area (Å²) in [5.41, 5.74) is 2.80. The molecule has 2 N–H and O–H groups in total. The van der Waals surface area contributed by atoms with Crippen LogP contribution in [0.15, 0.2) is 73.1 Å². The molecule has 0 spiro atoms. The molecule has 0 saturated carbocycles. The lowest BCUT2D eigenvalue weighted by Gasteiger charge is -2.10. The lowest BCUT2D eigenvalue weighted by molar-refractivity contribution is -0.137. The van der Waals surface area contributed by atoms with Crippen molar-refractivity contribution < 1.29 is 18.0 Å². The molecule has 0 fully saturated rings. The molecule has 4 rings (SSSR count). The number of halogens is 3. The molecule has 4 nitrogen and oxygen atoms in total. The highest BCUT2D eigenvalue weighted by Gasteiger charge is 2.30. The van der Waals surface area contributed by atoms with Crippen LogP contribution in [0.1, 0.15) is 22.4 Å². The lowest BCUT2D eigenvalue weighted by Crippen LogP contribution is -2.15. The minimum atomic E-state index is -4.40. The van der Waals surface area contributed by atoms with Crippen LogP contribution in [0.4, 0.5) is 18.9 Å². The highest BCUT2D eigenvalue weighted by molar-refractivity contribution is 5.96. The van der Waals surface area contributed by atoms with Crippen LogP contribution in [-0.4, -0.2) is 15.9 Å². The van der Waals surface area contributed by atoms with Gasteiger partial charge >= 0.3 is 6.18 Å². The average molecular weight is 409 g/mol. The minimum absolute atomic E-state index is 0.0978. The summed E-state index contributed by atoms with van der Waals surface area (Å²) in [6.07, 6.45) is -0.873. The predicted molar refractivity (Wildman–Crippen MR) is 109 cm³/mol. The summed E-state index contributed by atoms with van der Waals surface area (Å²) in [5, 5.41) is 3.70. The van der Waals surface area contributed by atoms with Gasteiger partial charge < -0.3 is 10.3 Å². The van der Waals surface area contributed by atoms with E-state index in [0.717, 1.165) is 34.3 Å². The molecular formula is C23H18F3N3O. The number of amides is 1. The molecule has 0 unspecified atom stereocenters. The summed E-state index contributed by atoms with van der Waals surface area (Å²) in [5.74, 6) is -0.212. The zero-order valence-corrected chi connectivity index (χ0v) is 15.8. The van der Waals surface area contributed by atoms with Crippen LogP contribution < -0.4 is 5.32 Å². The Bertz CT molecular complexity index is 1180. The van der Waals surface area contributed by atoms with Gasteiger partial charge in [-0.25, -0.2) is 0 Å². The minimum Gasteiger partial charge on any atom is -0.358 e. The van der Waals surface area contributed by atoms with E-state index < -0.39 is 11.7 Å². The molecule has 152 valence electrons. The maximum absolute atomic E-state index is 13.1. The van der Waals surface area contributed by atoms with Gasteiger partial charge in [-0.3, -0.25) is 9.78 Å². The Morgan fingerprint density at radius 3 is 2.53 bits per heavy atom. The number of alkyl halides is 3. The fourth-order valence-corrected chi connectivity index (χ4v) is 3.47. The molecular weight excluding hydrogens is 391 g/mol. The van der Waals surface area contributed by atoms with E-state index in [1.165, 1.54) is 6.07 Å². The fourth-order valence-electron chi connectivity index (χ4n) is 3.47. The van der Waals surface area contributed by atoms with Gasteiger partial charge in [-0.2, -0.15) is 13.2 Å². The number of aromatic amines is 1. The summed E-state index contributed by atoms with van der Waals surface area (Å²) in [6.45, 7) is 0. The first kappa shape index (κ1) is 19.7. The summed E-state index contributed by atoms with van der Waals surface area (Å²) in [7, 11) is 0. The van der Waals surface area contributed by atoms with E-state index >= 15 is 0 Å². The predicted octanol–water partition coefficient (Wildman–Crippen LogP) is 5.35. The Morgan fingerprint density at radius 2 is 1.77 bits per heavy atom. The molecule has 2 heterocycles. The Morgan fingerprint density at radius 1 is 1.00 bits per heavy atom. The number of hydrogen-bond donors (Lipinski definition) is 2. The van der Waals surface area contributed by atoms with Crippen LogP contribution >= 0.6 is 0 Å². The highest BCUT2D eigenvalue weighted by atomic mass is 19.4. The van der Waals surface area contributed by atoms with E-state index in [1.807, 2.05) is 24.3 Å². The number of carbonyl (C=O) groups is 1. The molecule has 7 heteroatoms. The van der Waals surface area contributed by atoms with Crippen LogP contribution in [0, 0.1) is 0 Å². The van der Waals surface area contributed by atoms with E-state index in [2.05, 4.69) is 15.3 Å². The number of nitrogens with zero attached hydrogens (tertiary/aromatic N) is 1. The summed E-state index contributed by atoms with van der Waals surface area (Å²) in [4.78, 5) is 19.8. The first-order valence-electron chi connectivity index (χ1n) is 9.34. The summed E-state index contributed by atoms with van der Waals surface area (Å²) >= 11 is 0. The Labute approximate surface area is 170 Å². The molecule has 0 aliphatic heterocycles. The molecule has 2 aromatic heterocycles. The average Bonchev–Trinajstić information content (AvgIpc) is 3.05. The van der Waals surface area contributed by atoms with Crippen LogP contribution in [0.2, 0.25) is 0 Å². The van der Waals surface area contributed by atoms with Crippen molar-refractivity contribution in [3.05, 3.63) is 95.4 Å². The number of fused-ring (bicyclic) bond motifs is 1. The van der Waals surface area contributed by atoms with E-state index in [1.54, 1.807) is 30.6 Å². The first-order valence-corrected chi connectivity index (χ1v) is 9.34. The second-order valence-electron chi connectivity index (χ2n) is 6.96. The third-order valence-corrected chi connectivity index (χ3v) is 4.84. The van der Waals surface area contributed by atoms with Gasteiger partial charge in [-0.15, -0.1) is 0 Å². The van der Waals surface area contributed by atoms with E-state index in [9.17, 15) is 18.0 Å². The van der Waals surface area contributed by atoms with Crippen molar-refractivity contribution in [2.24, 2.45) is 0 Å². The van der Waals surface area contributed by atoms with E-state index in [4.69, 9.17) is 0 Å². The zero-order valence-electron chi connectivity index (χ0n) is 15.8. The number of hydrogen-bond acceptors (Lipinski definition) is 2. The standard InChI is InChI=1S/C23H18F3N3O/c24-23(25,26)16-5-3-4-15(12-16)13-21-19(18-6-1-2-7-20(18)29-21)14-22(30)28-17-8-10-27-11-9-17/h1-12,29H,13-14H2,(H,27,28,30). The largest absolute Gasteiger partial charge is 0.416 e. The molecule has 30 heavy (non-hydrogen) atoms. The molecule has 1 amide bonds. The molecule has 2 aromatic carbocycles. The van der Waals surface area contributed by atoms with E-state index in [0.29, 0.717) is 11.3 Å². The molecule has 0 atom stereocenters. The SMILES string of the molecule is O=C(Cc1c(Cc2cccc(C(F)(F)F)c2)[nH]c2ccccc12)Nc1ccncc1. The van der Waals surface area contributed by atoms with Gasteiger partial charge in [0, 0.05) is 41.1 Å². The highest BCUT2D eigenvalue weighted by Crippen LogP contribution is 2.31. The second-order valence-corrected chi connectivity index (χ2v) is 6.96. The number of aromatic nitrogens is 2. The summed E-state index contributed by atoms with van der Waals surface area (Å²) < 4.78 is 39.2. The van der Waals surface area contributed by atoms with Gasteiger partial charge in [0.2, 0.25) is 5.91 Å². The van der Waals surface area contributed by atoms with Crippen molar-refractivity contribution in [1.29, 1.82) is 0 Å². The maximum atomic E-state index is 13.1. The fraction of sp³-hybridized carbons (Fsp3) is 0.130. The maximum Gasteiger partial charge on any atom is 0.416 e. The third-order valence-electron chi connectivity index (χ3n) is 4.84. The van der Waals surface area contributed by atoms with Crippen molar-refractivity contribution in [3.63, 3.8) is 0 Å². The molecule has 0 bridgehead atoms. The normalized spacial score (nSPS) is 11.6. The topological polar surface area (TPSA) is 57.8 Å². The number of carbonyl (C=O) groups excluding carboxylic acids is 1. The monoisotopic (exact) mass is 409 g/mol. The van der Waals surface area contributed by atoms with Crippen molar-refractivity contribution in [2.75, 3.05) is 5.32 Å².